The molecular weight excluding hydrogens is 352 g/mol. The fourth-order valence-electron chi connectivity index (χ4n) is 1.96. The summed E-state index contributed by atoms with van der Waals surface area (Å²) in [7, 11) is -7.24. The third-order valence-corrected chi connectivity index (χ3v) is 6.74. The zero-order valence-electron chi connectivity index (χ0n) is 11.7. The van der Waals surface area contributed by atoms with Gasteiger partial charge in [-0.3, -0.25) is 0 Å². The molecule has 10 heteroatoms. The number of ether oxygens (including phenoxy) is 1. The van der Waals surface area contributed by atoms with Crippen molar-refractivity contribution in [1.29, 1.82) is 0 Å². The summed E-state index contributed by atoms with van der Waals surface area (Å²) < 4.78 is 56.9. The normalized spacial score (nSPS) is 17.5. The molecule has 1 fully saturated rings. The minimum absolute atomic E-state index is 0.0423. The van der Waals surface area contributed by atoms with E-state index in [2.05, 4.69) is 4.72 Å². The van der Waals surface area contributed by atoms with Gasteiger partial charge in [0, 0.05) is 24.7 Å². The summed E-state index contributed by atoms with van der Waals surface area (Å²) in [4.78, 5) is 0.0423. The molecule has 1 heterocycles. The molecule has 22 heavy (non-hydrogen) atoms. The highest BCUT2D eigenvalue weighted by molar-refractivity contribution is 7.90. The van der Waals surface area contributed by atoms with Gasteiger partial charge in [-0.05, 0) is 24.3 Å². The molecule has 1 saturated heterocycles. The van der Waals surface area contributed by atoms with Crippen molar-refractivity contribution < 1.29 is 21.6 Å². The second-order valence-corrected chi connectivity index (χ2v) is 8.97. The molecule has 0 aliphatic carbocycles. The molecule has 0 radical (unpaired) electrons. The van der Waals surface area contributed by atoms with Gasteiger partial charge < -0.3 is 4.74 Å². The molecule has 1 aliphatic rings. The molecule has 0 unspecified atom stereocenters. The number of benzene rings is 1. The maximum absolute atomic E-state index is 12.1. The monoisotopic (exact) mass is 368 g/mol. The molecule has 124 valence electrons. The zero-order valence-corrected chi connectivity index (χ0v) is 14.1. The molecule has 0 spiro atoms. The van der Waals surface area contributed by atoms with Crippen molar-refractivity contribution in [2.24, 2.45) is 0 Å². The fraction of sp³-hybridized carbons (Fsp3) is 0.500. The summed E-state index contributed by atoms with van der Waals surface area (Å²) in [5.41, 5.74) is 0. The van der Waals surface area contributed by atoms with Gasteiger partial charge >= 0.3 is 0 Å². The van der Waals surface area contributed by atoms with Gasteiger partial charge in [0.2, 0.25) is 20.0 Å². The Kier molecular flexibility index (Phi) is 5.81. The van der Waals surface area contributed by atoms with Crippen LogP contribution in [0.4, 0.5) is 0 Å². The highest BCUT2D eigenvalue weighted by Gasteiger charge is 2.24. The van der Waals surface area contributed by atoms with E-state index in [1.165, 1.54) is 28.6 Å². The molecule has 0 bridgehead atoms. The Morgan fingerprint density at radius 3 is 2.27 bits per heavy atom. The van der Waals surface area contributed by atoms with E-state index in [1.54, 1.807) is 0 Å². The molecule has 0 aromatic heterocycles. The summed E-state index contributed by atoms with van der Waals surface area (Å²) in [6.07, 6.45) is 0. The van der Waals surface area contributed by atoms with Crippen LogP contribution in [0.2, 0.25) is 5.02 Å². The van der Waals surface area contributed by atoms with Gasteiger partial charge in [0.15, 0.2) is 0 Å². The number of nitrogens with zero attached hydrogens (tertiary/aromatic N) is 1. The van der Waals surface area contributed by atoms with Crippen LogP contribution < -0.4 is 4.72 Å². The van der Waals surface area contributed by atoms with Crippen molar-refractivity contribution in [1.82, 2.24) is 9.03 Å². The van der Waals surface area contributed by atoms with Crippen LogP contribution in [-0.4, -0.2) is 59.7 Å². The average Bonchev–Trinajstić information content (AvgIpc) is 2.48. The summed E-state index contributed by atoms with van der Waals surface area (Å²) in [5.74, 6) is -0.292. The van der Waals surface area contributed by atoms with Crippen LogP contribution in [0.3, 0.4) is 0 Å². The molecule has 1 aromatic rings. The lowest BCUT2D eigenvalue weighted by Crippen LogP contribution is -2.43. The second-order valence-electron chi connectivity index (χ2n) is 4.68. The lowest BCUT2D eigenvalue weighted by molar-refractivity contribution is 0.0730. The lowest BCUT2D eigenvalue weighted by atomic mass is 10.4. The molecule has 1 N–H and O–H groups in total. The fourth-order valence-corrected chi connectivity index (χ4v) is 4.57. The Hall–Kier alpha value is -0.710. The Labute approximate surface area is 135 Å². The first-order valence-electron chi connectivity index (χ1n) is 6.62. The van der Waals surface area contributed by atoms with Crippen LogP contribution in [0.15, 0.2) is 29.2 Å². The Morgan fingerprint density at radius 2 is 1.68 bits per heavy atom. The van der Waals surface area contributed by atoms with E-state index in [9.17, 15) is 16.8 Å². The molecule has 0 atom stereocenters. The Morgan fingerprint density at radius 1 is 1.09 bits per heavy atom. The van der Waals surface area contributed by atoms with Gasteiger partial charge in [0.25, 0.3) is 0 Å². The van der Waals surface area contributed by atoms with Crippen LogP contribution in [0.1, 0.15) is 0 Å². The molecule has 7 nitrogen and oxygen atoms in total. The first kappa shape index (κ1) is 17.6. The summed E-state index contributed by atoms with van der Waals surface area (Å²) in [6.45, 7) is 1.12. The number of rotatable bonds is 6. The van der Waals surface area contributed by atoms with E-state index in [-0.39, 0.29) is 17.2 Å². The maximum Gasteiger partial charge on any atom is 0.240 e. The standard InChI is InChI=1S/C12H17ClN2O5S2/c13-11-1-3-12(4-2-11)22(18,19)14-5-10-21(16,17)15-6-8-20-9-7-15/h1-4,14H,5-10H2. The number of nitrogens with one attached hydrogen (secondary N) is 1. The van der Waals surface area contributed by atoms with Crippen molar-refractivity contribution in [2.45, 2.75) is 4.90 Å². The SMILES string of the molecule is O=S(=O)(NCCS(=O)(=O)N1CCOCC1)c1ccc(Cl)cc1. The predicted molar refractivity (Wildman–Crippen MR) is 82.8 cm³/mol. The Balaban J connectivity index is 1.93. The third-order valence-electron chi connectivity index (χ3n) is 3.14. The van der Waals surface area contributed by atoms with Crippen molar-refractivity contribution in [2.75, 3.05) is 38.6 Å². The molecule has 1 aromatic carbocycles. The highest BCUT2D eigenvalue weighted by Crippen LogP contribution is 2.13. The number of hydrogen-bond donors (Lipinski definition) is 1. The van der Waals surface area contributed by atoms with E-state index in [4.69, 9.17) is 16.3 Å². The third kappa shape index (κ3) is 4.64. The van der Waals surface area contributed by atoms with E-state index in [0.717, 1.165) is 0 Å². The molecule has 0 saturated carbocycles. The maximum atomic E-state index is 12.1. The number of hydrogen-bond acceptors (Lipinski definition) is 5. The minimum atomic E-state index is -3.75. The molecule has 1 aliphatic heterocycles. The van der Waals surface area contributed by atoms with E-state index in [1.807, 2.05) is 0 Å². The lowest BCUT2D eigenvalue weighted by Gasteiger charge is -2.26. The first-order chi connectivity index (χ1) is 10.3. The zero-order chi connectivity index (χ0) is 16.2. The smallest absolute Gasteiger partial charge is 0.240 e. The van der Waals surface area contributed by atoms with Gasteiger partial charge in [-0.15, -0.1) is 0 Å². The second kappa shape index (κ2) is 7.24. The molecule has 2 rings (SSSR count). The Bertz CT molecular complexity index is 698. The molecular formula is C12H17ClN2O5S2. The van der Waals surface area contributed by atoms with Crippen LogP contribution >= 0.6 is 11.6 Å². The van der Waals surface area contributed by atoms with Crippen molar-refractivity contribution in [3.05, 3.63) is 29.3 Å². The van der Waals surface area contributed by atoms with Crippen molar-refractivity contribution in [3.8, 4) is 0 Å². The van der Waals surface area contributed by atoms with Crippen LogP contribution in [0.25, 0.3) is 0 Å². The van der Waals surface area contributed by atoms with Gasteiger partial charge in [-0.1, -0.05) is 11.6 Å². The highest BCUT2D eigenvalue weighted by atomic mass is 35.5. The number of sulfonamides is 2. The quantitative estimate of drug-likeness (QED) is 0.778. The van der Waals surface area contributed by atoms with E-state index < -0.39 is 20.0 Å². The van der Waals surface area contributed by atoms with Crippen molar-refractivity contribution in [3.63, 3.8) is 0 Å². The van der Waals surface area contributed by atoms with Gasteiger partial charge in [-0.25, -0.2) is 21.6 Å². The summed E-state index contributed by atoms with van der Waals surface area (Å²) in [5, 5.41) is 0.425. The minimum Gasteiger partial charge on any atom is -0.379 e. The van der Waals surface area contributed by atoms with Crippen molar-refractivity contribution >= 4 is 31.6 Å². The van der Waals surface area contributed by atoms with E-state index in [0.29, 0.717) is 31.3 Å². The first-order valence-corrected chi connectivity index (χ1v) is 10.1. The number of halogens is 1. The van der Waals surface area contributed by atoms with Crippen LogP contribution in [-0.2, 0) is 24.8 Å². The topological polar surface area (TPSA) is 92.8 Å². The largest absolute Gasteiger partial charge is 0.379 e. The van der Waals surface area contributed by atoms with Gasteiger partial charge in [-0.2, -0.15) is 4.31 Å². The van der Waals surface area contributed by atoms with Crippen LogP contribution in [0.5, 0.6) is 0 Å². The van der Waals surface area contributed by atoms with Gasteiger partial charge in [0.05, 0.1) is 23.9 Å². The number of morpholine rings is 1. The average molecular weight is 369 g/mol. The van der Waals surface area contributed by atoms with Crippen LogP contribution in [0, 0.1) is 0 Å². The molecule has 0 amide bonds. The van der Waals surface area contributed by atoms with Gasteiger partial charge in [0.1, 0.15) is 0 Å². The van der Waals surface area contributed by atoms with E-state index >= 15 is 0 Å². The summed E-state index contributed by atoms with van der Waals surface area (Å²) in [6, 6.07) is 5.64. The predicted octanol–water partition coefficient (Wildman–Crippen LogP) is 0.280. The summed E-state index contributed by atoms with van der Waals surface area (Å²) >= 11 is 5.70.